The highest BCUT2D eigenvalue weighted by Gasteiger charge is 2.34. The summed E-state index contributed by atoms with van der Waals surface area (Å²) in [6.45, 7) is 9.09. The summed E-state index contributed by atoms with van der Waals surface area (Å²) in [5, 5.41) is 4.84. The van der Waals surface area contributed by atoms with Crippen LogP contribution >= 0.6 is 11.3 Å². The van der Waals surface area contributed by atoms with Gasteiger partial charge in [-0.2, -0.15) is 0 Å². The van der Waals surface area contributed by atoms with Crippen LogP contribution in [0.25, 0.3) is 0 Å². The molecule has 0 spiro atoms. The summed E-state index contributed by atoms with van der Waals surface area (Å²) in [7, 11) is -2.43. The zero-order valence-corrected chi connectivity index (χ0v) is 21.5. The van der Waals surface area contributed by atoms with Crippen molar-refractivity contribution in [1.29, 1.82) is 0 Å². The van der Waals surface area contributed by atoms with Crippen molar-refractivity contribution in [3.63, 3.8) is 0 Å². The van der Waals surface area contributed by atoms with Gasteiger partial charge in [-0.05, 0) is 62.4 Å². The summed E-state index contributed by atoms with van der Waals surface area (Å²) in [6.07, 6.45) is 0. The Morgan fingerprint density at radius 1 is 1.12 bits per heavy atom. The number of carbonyl (C=O) groups is 2. The lowest BCUT2D eigenvalue weighted by Crippen LogP contribution is -2.56. The molecule has 10 heteroatoms. The third kappa shape index (κ3) is 7.83. The zero-order valence-electron chi connectivity index (χ0n) is 19.9. The van der Waals surface area contributed by atoms with Crippen LogP contribution in [0.5, 0.6) is 5.75 Å². The van der Waals surface area contributed by atoms with Crippen molar-refractivity contribution in [2.24, 2.45) is 5.92 Å². The first-order valence-electron chi connectivity index (χ1n) is 10.6. The maximum atomic E-state index is 13.3. The van der Waals surface area contributed by atoms with Gasteiger partial charge in [0.15, 0.2) is 0 Å². The largest absolute Gasteiger partial charge is 0.497 e. The minimum atomic E-state index is -3.92. The van der Waals surface area contributed by atoms with E-state index in [0.717, 1.165) is 4.88 Å². The minimum absolute atomic E-state index is 0.0202. The molecule has 0 saturated heterocycles. The van der Waals surface area contributed by atoms with Gasteiger partial charge in [-0.3, -0.25) is 9.59 Å². The second kappa shape index (κ2) is 11.1. The molecule has 2 amide bonds. The van der Waals surface area contributed by atoms with Crippen LogP contribution in [0.2, 0.25) is 0 Å². The molecule has 0 aliphatic rings. The minimum Gasteiger partial charge on any atom is -0.497 e. The van der Waals surface area contributed by atoms with Gasteiger partial charge in [-0.25, -0.2) is 13.1 Å². The fourth-order valence-corrected chi connectivity index (χ4v) is 4.93. The van der Waals surface area contributed by atoms with Crippen molar-refractivity contribution >= 4 is 33.2 Å². The Balaban J connectivity index is 2.26. The second-order valence-corrected chi connectivity index (χ2v) is 11.8. The molecule has 0 bridgehead atoms. The van der Waals surface area contributed by atoms with Crippen molar-refractivity contribution in [1.82, 2.24) is 14.9 Å². The molecule has 0 radical (unpaired) electrons. The second-order valence-electron chi connectivity index (χ2n) is 9.03. The number of amides is 2. The number of thiophene rings is 1. The molecular weight excluding hydrogens is 462 g/mol. The molecule has 2 N–H and O–H groups in total. The van der Waals surface area contributed by atoms with Gasteiger partial charge in [0, 0.05) is 10.4 Å². The first-order valence-corrected chi connectivity index (χ1v) is 13.0. The molecule has 0 saturated carbocycles. The molecular formula is C23H33N3O5S2. The van der Waals surface area contributed by atoms with Crippen LogP contribution in [0, 0.1) is 5.92 Å². The maximum absolute atomic E-state index is 13.3. The molecule has 33 heavy (non-hydrogen) atoms. The fraction of sp³-hybridized carbons (Fsp3) is 0.478. The van der Waals surface area contributed by atoms with E-state index in [1.807, 2.05) is 52.1 Å². The van der Waals surface area contributed by atoms with Crippen LogP contribution in [-0.4, -0.2) is 50.4 Å². The number of methoxy groups -OCH3 is 1. The van der Waals surface area contributed by atoms with E-state index in [9.17, 15) is 18.0 Å². The maximum Gasteiger partial charge on any atom is 0.243 e. The SMILES string of the molecule is COc1ccc(S(=O)(=O)NCC(=O)N(Cc2cccs2)C(C(=O)NC(C)(C)C)C(C)C)cc1. The lowest BCUT2D eigenvalue weighted by Gasteiger charge is -2.35. The van der Waals surface area contributed by atoms with Gasteiger partial charge in [0.2, 0.25) is 21.8 Å². The first kappa shape index (κ1) is 26.8. The quantitative estimate of drug-likeness (QED) is 0.527. The summed E-state index contributed by atoms with van der Waals surface area (Å²) < 4.78 is 32.8. The molecule has 2 rings (SSSR count). The van der Waals surface area contributed by atoms with Crippen LogP contribution in [0.15, 0.2) is 46.7 Å². The predicted molar refractivity (Wildman–Crippen MR) is 130 cm³/mol. The van der Waals surface area contributed by atoms with Gasteiger partial charge in [-0.1, -0.05) is 19.9 Å². The number of rotatable bonds is 10. The lowest BCUT2D eigenvalue weighted by molar-refractivity contribution is -0.142. The van der Waals surface area contributed by atoms with Crippen molar-refractivity contribution in [3.05, 3.63) is 46.7 Å². The molecule has 0 aliphatic carbocycles. The van der Waals surface area contributed by atoms with Crippen molar-refractivity contribution in [2.45, 2.75) is 57.6 Å². The summed E-state index contributed by atoms with van der Waals surface area (Å²) in [5.41, 5.74) is -0.474. The van der Waals surface area contributed by atoms with Gasteiger partial charge in [0.05, 0.1) is 25.1 Å². The van der Waals surface area contributed by atoms with E-state index in [4.69, 9.17) is 4.74 Å². The molecule has 1 aromatic heterocycles. The molecule has 0 aliphatic heterocycles. The normalized spacial score (nSPS) is 12.9. The molecule has 2 aromatic rings. The Morgan fingerprint density at radius 3 is 2.24 bits per heavy atom. The van der Waals surface area contributed by atoms with Crippen molar-refractivity contribution in [2.75, 3.05) is 13.7 Å². The Labute approximate surface area is 200 Å². The van der Waals surface area contributed by atoms with Crippen LogP contribution in [-0.2, 0) is 26.2 Å². The van der Waals surface area contributed by atoms with Gasteiger partial charge in [0.25, 0.3) is 0 Å². The standard InChI is InChI=1S/C23H33N3O5S2/c1-16(2)21(22(28)25-23(3,4)5)26(15-18-8-7-13-32-18)20(27)14-24-33(29,30)19-11-9-17(31-6)10-12-19/h7-13,16,21,24H,14-15H2,1-6H3,(H,25,28). The third-order valence-corrected chi connectivity index (χ3v) is 7.02. The van der Waals surface area contributed by atoms with E-state index in [-0.39, 0.29) is 23.3 Å². The predicted octanol–water partition coefficient (Wildman–Crippen LogP) is 3.00. The number of nitrogens with zero attached hydrogens (tertiary/aromatic N) is 1. The summed E-state index contributed by atoms with van der Waals surface area (Å²) in [5.74, 6) is -0.421. The van der Waals surface area contributed by atoms with E-state index in [2.05, 4.69) is 10.0 Å². The third-order valence-electron chi connectivity index (χ3n) is 4.74. The molecule has 1 unspecified atom stereocenters. The van der Waals surface area contributed by atoms with Gasteiger partial charge >= 0.3 is 0 Å². The van der Waals surface area contributed by atoms with Gasteiger partial charge < -0.3 is 15.0 Å². The highest BCUT2D eigenvalue weighted by molar-refractivity contribution is 7.89. The van der Waals surface area contributed by atoms with Crippen LogP contribution in [0.4, 0.5) is 0 Å². The number of hydrogen-bond donors (Lipinski definition) is 2. The van der Waals surface area contributed by atoms with Crippen molar-refractivity contribution in [3.8, 4) is 5.75 Å². The first-order chi connectivity index (χ1) is 15.3. The lowest BCUT2D eigenvalue weighted by atomic mass is 9.99. The number of carbonyl (C=O) groups excluding carboxylic acids is 2. The molecule has 182 valence electrons. The van der Waals surface area contributed by atoms with Crippen molar-refractivity contribution < 1.29 is 22.7 Å². The van der Waals surface area contributed by atoms with Crippen LogP contribution < -0.4 is 14.8 Å². The van der Waals surface area contributed by atoms with Gasteiger partial charge in [-0.15, -0.1) is 11.3 Å². The Bertz CT molecular complexity index is 1030. The average Bonchev–Trinajstić information content (AvgIpc) is 3.23. The highest BCUT2D eigenvalue weighted by Crippen LogP contribution is 2.20. The number of sulfonamides is 1. The van der Waals surface area contributed by atoms with E-state index >= 15 is 0 Å². The fourth-order valence-electron chi connectivity index (χ4n) is 3.26. The van der Waals surface area contributed by atoms with E-state index < -0.39 is 34.1 Å². The number of ether oxygens (including phenoxy) is 1. The number of benzene rings is 1. The summed E-state index contributed by atoms with van der Waals surface area (Å²) in [6, 6.07) is 8.87. The summed E-state index contributed by atoms with van der Waals surface area (Å²) in [4.78, 5) is 28.7. The molecule has 1 heterocycles. The Morgan fingerprint density at radius 2 is 1.76 bits per heavy atom. The number of nitrogens with one attached hydrogen (secondary N) is 2. The molecule has 0 fully saturated rings. The summed E-state index contributed by atoms with van der Waals surface area (Å²) >= 11 is 1.47. The van der Waals surface area contributed by atoms with Crippen LogP contribution in [0.1, 0.15) is 39.5 Å². The van der Waals surface area contributed by atoms with E-state index in [1.165, 1.54) is 47.6 Å². The van der Waals surface area contributed by atoms with Crippen LogP contribution in [0.3, 0.4) is 0 Å². The Hall–Kier alpha value is -2.43. The van der Waals surface area contributed by atoms with Gasteiger partial charge in [0.1, 0.15) is 11.8 Å². The average molecular weight is 496 g/mol. The molecule has 8 nitrogen and oxygen atoms in total. The molecule has 1 aromatic carbocycles. The Kier molecular flexibility index (Phi) is 9.04. The zero-order chi connectivity index (χ0) is 24.8. The molecule has 1 atom stereocenters. The number of hydrogen-bond acceptors (Lipinski definition) is 6. The monoisotopic (exact) mass is 495 g/mol. The topological polar surface area (TPSA) is 105 Å². The van der Waals surface area contributed by atoms with E-state index in [0.29, 0.717) is 5.75 Å². The highest BCUT2D eigenvalue weighted by atomic mass is 32.2. The van der Waals surface area contributed by atoms with E-state index in [1.54, 1.807) is 0 Å². The smallest absolute Gasteiger partial charge is 0.243 e.